The Morgan fingerprint density at radius 1 is 1.29 bits per heavy atom. The van der Waals surface area contributed by atoms with Crippen LogP contribution in [0.25, 0.3) is 0 Å². The lowest BCUT2D eigenvalue weighted by molar-refractivity contribution is 0.0915. The highest BCUT2D eigenvalue weighted by Crippen LogP contribution is 2.23. The van der Waals surface area contributed by atoms with Gasteiger partial charge in [-0.2, -0.15) is 5.26 Å². The molecule has 0 fully saturated rings. The molecule has 0 aliphatic rings. The Morgan fingerprint density at radius 3 is 2.64 bits per heavy atom. The van der Waals surface area contributed by atoms with E-state index in [-0.39, 0.29) is 29.8 Å². The third kappa shape index (κ3) is 4.59. The normalized spacial score (nSPS) is 10.5. The van der Waals surface area contributed by atoms with Gasteiger partial charge in [-0.25, -0.2) is 0 Å². The van der Waals surface area contributed by atoms with Crippen LogP contribution in [-0.4, -0.2) is 35.3 Å². The molecule has 28 heavy (non-hydrogen) atoms. The van der Waals surface area contributed by atoms with E-state index in [1.165, 1.54) is 6.92 Å². The largest absolute Gasteiger partial charge is 0.494 e. The summed E-state index contributed by atoms with van der Waals surface area (Å²) in [6.07, 6.45) is 0.461. The number of para-hydroxylation sites is 1. The summed E-state index contributed by atoms with van der Waals surface area (Å²) in [6.45, 7) is 5.95. The number of aromatic hydroxyl groups is 1. The number of hydrogen-bond donors (Lipinski definition) is 1. The molecule has 7 nitrogen and oxygen atoms in total. The Hall–Kier alpha value is -3.11. The summed E-state index contributed by atoms with van der Waals surface area (Å²) >= 11 is 0. The van der Waals surface area contributed by atoms with E-state index in [4.69, 9.17) is 9.47 Å². The Bertz CT molecular complexity index is 956. The number of ether oxygens (including phenoxy) is 2. The number of nitriles is 1. The van der Waals surface area contributed by atoms with Crippen molar-refractivity contribution in [3.05, 3.63) is 56.9 Å². The number of aromatic nitrogens is 1. The highest BCUT2D eigenvalue weighted by atomic mass is 16.5. The third-order valence-corrected chi connectivity index (χ3v) is 4.41. The molecule has 0 unspecified atom stereocenters. The molecule has 0 saturated carbocycles. The molecule has 0 saturated heterocycles. The number of benzene rings is 1. The third-order valence-electron chi connectivity index (χ3n) is 4.41. The zero-order chi connectivity index (χ0) is 20.7. The van der Waals surface area contributed by atoms with Crippen LogP contribution in [0.1, 0.15) is 40.4 Å². The van der Waals surface area contributed by atoms with E-state index in [1.54, 1.807) is 12.1 Å². The average molecular weight is 384 g/mol. The van der Waals surface area contributed by atoms with E-state index >= 15 is 0 Å². The molecule has 7 heteroatoms. The second kappa shape index (κ2) is 9.72. The molecule has 148 valence electrons. The van der Waals surface area contributed by atoms with Crippen molar-refractivity contribution < 1.29 is 19.4 Å². The summed E-state index contributed by atoms with van der Waals surface area (Å²) in [5, 5.41) is 19.9. The van der Waals surface area contributed by atoms with Crippen molar-refractivity contribution in [3.8, 4) is 17.7 Å². The van der Waals surface area contributed by atoms with Gasteiger partial charge in [-0.3, -0.25) is 14.2 Å². The first kappa shape index (κ1) is 21.2. The van der Waals surface area contributed by atoms with E-state index in [0.29, 0.717) is 25.4 Å². The summed E-state index contributed by atoms with van der Waals surface area (Å²) in [4.78, 5) is 25.2. The molecule has 1 N–H and O–H groups in total. The molecule has 0 radical (unpaired) electrons. The molecule has 0 atom stereocenters. The molecular weight excluding hydrogens is 360 g/mol. The van der Waals surface area contributed by atoms with Gasteiger partial charge < -0.3 is 14.6 Å². The quantitative estimate of drug-likeness (QED) is 0.527. The number of aryl methyl sites for hydroxylation is 1. The van der Waals surface area contributed by atoms with Gasteiger partial charge in [0.15, 0.2) is 6.61 Å². The molecule has 1 aromatic carbocycles. The number of carbonyl (C=O) groups is 1. The van der Waals surface area contributed by atoms with Crippen LogP contribution >= 0.6 is 0 Å². The molecule has 0 aliphatic carbocycles. The van der Waals surface area contributed by atoms with Gasteiger partial charge in [-0.15, -0.1) is 0 Å². The highest BCUT2D eigenvalue weighted by molar-refractivity contribution is 6.01. The number of hydrogen-bond acceptors (Lipinski definition) is 6. The smallest absolute Gasteiger partial charge is 0.271 e. The van der Waals surface area contributed by atoms with Crippen molar-refractivity contribution in [2.45, 2.75) is 33.7 Å². The first-order chi connectivity index (χ1) is 13.4. The molecule has 0 aliphatic heterocycles. The van der Waals surface area contributed by atoms with Crippen LogP contribution in [0.5, 0.6) is 11.6 Å². The Kier molecular flexibility index (Phi) is 7.36. The van der Waals surface area contributed by atoms with Crippen molar-refractivity contribution in [1.82, 2.24) is 4.57 Å². The summed E-state index contributed by atoms with van der Waals surface area (Å²) in [6, 6.07) is 9.09. The maximum atomic E-state index is 12.7. The number of Topliss-reactive ketones (excluding diaryl/α,β-unsaturated/α-hetero) is 1. The van der Waals surface area contributed by atoms with E-state index in [2.05, 4.69) is 0 Å². The monoisotopic (exact) mass is 384 g/mol. The van der Waals surface area contributed by atoms with Gasteiger partial charge in [0.1, 0.15) is 17.4 Å². The fraction of sp³-hybridized carbons (Fsp3) is 0.381. The SMILES string of the molecule is CCOCCCn1c(O)c(C(=O)COc2ccccc2C)c(C)c(C#N)c1=O. The van der Waals surface area contributed by atoms with Crippen LogP contribution < -0.4 is 10.3 Å². The number of rotatable bonds is 9. The lowest BCUT2D eigenvalue weighted by Crippen LogP contribution is -2.28. The standard InChI is InChI=1S/C21H24N2O5/c1-4-27-11-7-10-23-20(25)16(12-22)15(3)19(21(23)26)17(24)13-28-18-9-6-5-8-14(18)2/h5-6,8-9,26H,4,7,10-11,13H2,1-3H3. The van der Waals surface area contributed by atoms with Crippen molar-refractivity contribution in [3.63, 3.8) is 0 Å². The van der Waals surface area contributed by atoms with Crippen LogP contribution in [0.3, 0.4) is 0 Å². The van der Waals surface area contributed by atoms with Gasteiger partial charge in [-0.05, 0) is 44.4 Å². The van der Waals surface area contributed by atoms with Gasteiger partial charge in [0, 0.05) is 19.8 Å². The van der Waals surface area contributed by atoms with Crippen molar-refractivity contribution in [2.75, 3.05) is 19.8 Å². The molecule has 2 aromatic rings. The topological polar surface area (TPSA) is 102 Å². The number of pyridine rings is 1. The van der Waals surface area contributed by atoms with Gasteiger partial charge >= 0.3 is 0 Å². The zero-order valence-electron chi connectivity index (χ0n) is 16.3. The van der Waals surface area contributed by atoms with Crippen LogP contribution in [0.2, 0.25) is 0 Å². The second-order valence-corrected chi connectivity index (χ2v) is 6.30. The van der Waals surface area contributed by atoms with Crippen molar-refractivity contribution >= 4 is 5.78 Å². The number of nitrogens with zero attached hydrogens (tertiary/aromatic N) is 2. The molecule has 0 bridgehead atoms. The molecular formula is C21H24N2O5. The minimum absolute atomic E-state index is 0.0684. The summed E-state index contributed by atoms with van der Waals surface area (Å²) in [7, 11) is 0. The summed E-state index contributed by atoms with van der Waals surface area (Å²) < 4.78 is 11.9. The Labute approximate surface area is 163 Å². The maximum Gasteiger partial charge on any atom is 0.271 e. The van der Waals surface area contributed by atoms with E-state index in [1.807, 2.05) is 32.0 Å². The lowest BCUT2D eigenvalue weighted by Gasteiger charge is -2.16. The van der Waals surface area contributed by atoms with E-state index in [0.717, 1.165) is 10.1 Å². The maximum absolute atomic E-state index is 12.7. The average Bonchev–Trinajstić information content (AvgIpc) is 2.67. The Morgan fingerprint density at radius 2 is 2.00 bits per heavy atom. The Balaban J connectivity index is 2.34. The van der Waals surface area contributed by atoms with E-state index in [9.17, 15) is 20.0 Å². The molecule has 2 rings (SSSR count). The lowest BCUT2D eigenvalue weighted by atomic mass is 10.0. The number of ketones is 1. The first-order valence-corrected chi connectivity index (χ1v) is 9.08. The van der Waals surface area contributed by atoms with Gasteiger partial charge in [0.2, 0.25) is 11.7 Å². The van der Waals surface area contributed by atoms with Gasteiger partial charge in [0.05, 0.1) is 5.56 Å². The number of carbonyl (C=O) groups excluding carboxylic acids is 1. The zero-order valence-corrected chi connectivity index (χ0v) is 16.3. The molecule has 0 amide bonds. The molecule has 1 heterocycles. The minimum Gasteiger partial charge on any atom is -0.494 e. The first-order valence-electron chi connectivity index (χ1n) is 9.08. The molecule has 1 aromatic heterocycles. The fourth-order valence-corrected chi connectivity index (χ4v) is 2.90. The van der Waals surface area contributed by atoms with Crippen LogP contribution in [0, 0.1) is 25.2 Å². The summed E-state index contributed by atoms with van der Waals surface area (Å²) in [5.41, 5.74) is 0.180. The van der Waals surface area contributed by atoms with E-state index < -0.39 is 17.2 Å². The highest BCUT2D eigenvalue weighted by Gasteiger charge is 2.24. The predicted octanol–water partition coefficient (Wildman–Crippen LogP) is 2.73. The van der Waals surface area contributed by atoms with Gasteiger partial charge in [0.25, 0.3) is 5.56 Å². The molecule has 0 spiro atoms. The fourth-order valence-electron chi connectivity index (χ4n) is 2.90. The van der Waals surface area contributed by atoms with Crippen molar-refractivity contribution in [2.24, 2.45) is 0 Å². The minimum atomic E-state index is -0.620. The second-order valence-electron chi connectivity index (χ2n) is 6.30. The van der Waals surface area contributed by atoms with Crippen molar-refractivity contribution in [1.29, 1.82) is 5.26 Å². The van der Waals surface area contributed by atoms with Crippen LogP contribution in [0.15, 0.2) is 29.1 Å². The van der Waals surface area contributed by atoms with Crippen LogP contribution in [-0.2, 0) is 11.3 Å². The van der Waals surface area contributed by atoms with Crippen LogP contribution in [0.4, 0.5) is 0 Å². The summed E-state index contributed by atoms with van der Waals surface area (Å²) in [5.74, 6) is -0.400. The van der Waals surface area contributed by atoms with Gasteiger partial charge in [-0.1, -0.05) is 18.2 Å². The predicted molar refractivity (Wildman–Crippen MR) is 104 cm³/mol.